The lowest BCUT2D eigenvalue weighted by atomic mass is 9.93. The van der Waals surface area contributed by atoms with E-state index in [-0.39, 0.29) is 24.2 Å². The van der Waals surface area contributed by atoms with Gasteiger partial charge in [0.1, 0.15) is 0 Å². The fourth-order valence-corrected chi connectivity index (χ4v) is 3.83. The number of piperidine rings is 1. The van der Waals surface area contributed by atoms with Crippen LogP contribution in [-0.4, -0.2) is 61.3 Å². The monoisotopic (exact) mass is 311 g/mol. The number of nitrogens with one attached hydrogen (secondary N) is 2. The molecule has 1 amide bonds. The second-order valence-corrected chi connectivity index (χ2v) is 7.49. The van der Waals surface area contributed by atoms with Gasteiger partial charge in [0, 0.05) is 19.1 Å². The molecule has 2 rings (SSSR count). The van der Waals surface area contributed by atoms with E-state index in [4.69, 9.17) is 4.74 Å². The number of rotatable bonds is 4. The first-order valence-corrected chi connectivity index (χ1v) is 8.79. The van der Waals surface area contributed by atoms with Crippen molar-refractivity contribution in [3.8, 4) is 0 Å². The molecule has 5 heteroatoms. The molecule has 0 saturated carbocycles. The van der Waals surface area contributed by atoms with Gasteiger partial charge < -0.3 is 15.4 Å². The smallest absolute Gasteiger partial charge is 0.237 e. The van der Waals surface area contributed by atoms with E-state index in [2.05, 4.69) is 50.2 Å². The van der Waals surface area contributed by atoms with Gasteiger partial charge in [0.15, 0.2) is 0 Å². The third-order valence-electron chi connectivity index (χ3n) is 4.85. The number of carbonyl (C=O) groups excluding carboxylic acids is 1. The first-order chi connectivity index (χ1) is 10.4. The minimum Gasteiger partial charge on any atom is -0.373 e. The predicted molar refractivity (Wildman–Crippen MR) is 88.8 cm³/mol. The lowest BCUT2D eigenvalue weighted by molar-refractivity contribution is -0.136. The van der Waals surface area contributed by atoms with Crippen LogP contribution >= 0.6 is 0 Å². The number of hydrogen-bond acceptors (Lipinski definition) is 4. The molecule has 2 saturated heterocycles. The van der Waals surface area contributed by atoms with Gasteiger partial charge in [-0.15, -0.1) is 0 Å². The topological polar surface area (TPSA) is 53.6 Å². The average molecular weight is 311 g/mol. The highest BCUT2D eigenvalue weighted by Gasteiger charge is 2.35. The average Bonchev–Trinajstić information content (AvgIpc) is 2.40. The van der Waals surface area contributed by atoms with Crippen LogP contribution in [0.15, 0.2) is 0 Å². The zero-order valence-corrected chi connectivity index (χ0v) is 14.8. The summed E-state index contributed by atoms with van der Waals surface area (Å²) < 4.78 is 5.81. The van der Waals surface area contributed by atoms with Crippen LogP contribution in [0.5, 0.6) is 0 Å². The summed E-state index contributed by atoms with van der Waals surface area (Å²) in [6.45, 7) is 14.3. The fraction of sp³-hybridized carbons (Fsp3) is 0.941. The highest BCUT2D eigenvalue weighted by Crippen LogP contribution is 2.20. The maximum atomic E-state index is 12.9. The maximum Gasteiger partial charge on any atom is 0.237 e. The van der Waals surface area contributed by atoms with Crippen molar-refractivity contribution in [2.75, 3.05) is 26.2 Å². The summed E-state index contributed by atoms with van der Waals surface area (Å²) in [5, 5.41) is 6.70. The number of ether oxygens (including phenoxy) is 1. The second kappa shape index (κ2) is 7.75. The van der Waals surface area contributed by atoms with Gasteiger partial charge in [0.25, 0.3) is 0 Å². The summed E-state index contributed by atoms with van der Waals surface area (Å²) in [7, 11) is 0. The molecule has 2 fully saturated rings. The normalized spacial score (nSPS) is 35.4. The van der Waals surface area contributed by atoms with Gasteiger partial charge in [-0.25, -0.2) is 0 Å². The predicted octanol–water partition coefficient (Wildman–Crippen LogP) is 1.23. The van der Waals surface area contributed by atoms with E-state index in [1.165, 1.54) is 0 Å². The first-order valence-electron chi connectivity index (χ1n) is 8.79. The van der Waals surface area contributed by atoms with Crippen molar-refractivity contribution in [3.63, 3.8) is 0 Å². The Hall–Kier alpha value is -0.650. The van der Waals surface area contributed by atoms with Crippen molar-refractivity contribution in [1.82, 2.24) is 15.5 Å². The zero-order chi connectivity index (χ0) is 16.3. The Balaban J connectivity index is 2.01. The molecule has 5 atom stereocenters. The Morgan fingerprint density at radius 2 is 1.86 bits per heavy atom. The molecule has 0 aliphatic carbocycles. The van der Waals surface area contributed by atoms with Crippen LogP contribution in [0.25, 0.3) is 0 Å². The summed E-state index contributed by atoms with van der Waals surface area (Å²) in [5.74, 6) is 0.984. The van der Waals surface area contributed by atoms with Crippen molar-refractivity contribution < 1.29 is 9.53 Å². The van der Waals surface area contributed by atoms with E-state index in [1.807, 2.05) is 0 Å². The Bertz CT molecular complexity index is 365. The zero-order valence-electron chi connectivity index (χ0n) is 14.8. The van der Waals surface area contributed by atoms with Crippen molar-refractivity contribution >= 4 is 5.91 Å². The Kier molecular flexibility index (Phi) is 6.24. The summed E-state index contributed by atoms with van der Waals surface area (Å²) >= 11 is 0. The number of hydrogen-bond donors (Lipinski definition) is 2. The van der Waals surface area contributed by atoms with Gasteiger partial charge in [-0.2, -0.15) is 0 Å². The maximum absolute atomic E-state index is 12.9. The SMILES string of the molecule is CC1CN(C(C(=O)NC2CCNCC2C)C(C)C)CC(C)O1. The number of amides is 1. The lowest BCUT2D eigenvalue weighted by Crippen LogP contribution is -2.59. The van der Waals surface area contributed by atoms with Gasteiger partial charge in [-0.1, -0.05) is 20.8 Å². The summed E-state index contributed by atoms with van der Waals surface area (Å²) in [6, 6.07) is 0.238. The Labute approximate surface area is 135 Å². The van der Waals surface area contributed by atoms with Gasteiger partial charge >= 0.3 is 0 Å². The third-order valence-corrected chi connectivity index (χ3v) is 4.85. The molecule has 22 heavy (non-hydrogen) atoms. The summed E-state index contributed by atoms with van der Waals surface area (Å²) in [5.41, 5.74) is 0. The van der Waals surface area contributed by atoms with E-state index in [0.29, 0.717) is 17.9 Å². The molecule has 0 bridgehead atoms. The molecular weight excluding hydrogens is 278 g/mol. The van der Waals surface area contributed by atoms with Crippen molar-refractivity contribution in [2.24, 2.45) is 11.8 Å². The van der Waals surface area contributed by atoms with E-state index in [1.54, 1.807) is 0 Å². The quantitative estimate of drug-likeness (QED) is 0.820. The Morgan fingerprint density at radius 3 is 2.41 bits per heavy atom. The van der Waals surface area contributed by atoms with Gasteiger partial charge in [-0.05, 0) is 45.2 Å². The summed E-state index contributed by atoms with van der Waals surface area (Å²) in [6.07, 6.45) is 1.40. The molecule has 0 spiro atoms. The summed E-state index contributed by atoms with van der Waals surface area (Å²) in [4.78, 5) is 15.2. The standard InChI is InChI=1S/C17H33N3O2/c1-11(2)16(20-9-13(4)22-14(5)10-20)17(21)19-15-6-7-18-8-12(15)3/h11-16,18H,6-10H2,1-5H3,(H,19,21). The van der Waals surface area contributed by atoms with Crippen LogP contribution in [-0.2, 0) is 9.53 Å². The largest absolute Gasteiger partial charge is 0.373 e. The van der Waals surface area contributed by atoms with Crippen LogP contribution in [0.2, 0.25) is 0 Å². The number of nitrogens with zero attached hydrogens (tertiary/aromatic N) is 1. The highest BCUT2D eigenvalue weighted by atomic mass is 16.5. The van der Waals surface area contributed by atoms with E-state index >= 15 is 0 Å². The minimum atomic E-state index is -0.0594. The molecule has 2 heterocycles. The van der Waals surface area contributed by atoms with E-state index < -0.39 is 0 Å². The molecule has 2 aliphatic rings. The van der Waals surface area contributed by atoms with Crippen molar-refractivity contribution in [3.05, 3.63) is 0 Å². The highest BCUT2D eigenvalue weighted by molar-refractivity contribution is 5.82. The van der Waals surface area contributed by atoms with Crippen LogP contribution < -0.4 is 10.6 Å². The second-order valence-electron chi connectivity index (χ2n) is 7.49. The van der Waals surface area contributed by atoms with Gasteiger partial charge in [-0.3, -0.25) is 9.69 Å². The fourth-order valence-electron chi connectivity index (χ4n) is 3.83. The molecule has 5 nitrogen and oxygen atoms in total. The van der Waals surface area contributed by atoms with Crippen LogP contribution in [0, 0.1) is 11.8 Å². The molecule has 0 aromatic carbocycles. The molecule has 0 radical (unpaired) electrons. The molecule has 0 aromatic rings. The Morgan fingerprint density at radius 1 is 1.23 bits per heavy atom. The van der Waals surface area contributed by atoms with Crippen molar-refractivity contribution in [1.29, 1.82) is 0 Å². The molecule has 128 valence electrons. The lowest BCUT2D eigenvalue weighted by Gasteiger charge is -2.42. The number of carbonyl (C=O) groups is 1. The van der Waals surface area contributed by atoms with Crippen LogP contribution in [0.3, 0.4) is 0 Å². The third kappa shape index (κ3) is 4.43. The number of morpholine rings is 1. The van der Waals surface area contributed by atoms with Gasteiger partial charge in [0.05, 0.1) is 18.2 Å². The molecule has 0 aromatic heterocycles. The first kappa shape index (κ1) is 17.7. The molecule has 2 N–H and O–H groups in total. The van der Waals surface area contributed by atoms with Crippen LogP contribution in [0.1, 0.15) is 41.0 Å². The molecular formula is C17H33N3O2. The van der Waals surface area contributed by atoms with E-state index in [0.717, 1.165) is 32.6 Å². The molecule has 5 unspecified atom stereocenters. The minimum absolute atomic E-state index is 0.0594. The van der Waals surface area contributed by atoms with Crippen molar-refractivity contribution in [2.45, 2.75) is 65.3 Å². The van der Waals surface area contributed by atoms with E-state index in [9.17, 15) is 4.79 Å². The molecule has 2 aliphatic heterocycles. The van der Waals surface area contributed by atoms with Crippen LogP contribution in [0.4, 0.5) is 0 Å². The van der Waals surface area contributed by atoms with Gasteiger partial charge in [0.2, 0.25) is 5.91 Å².